The lowest BCUT2D eigenvalue weighted by Gasteiger charge is -2.13. The number of nitrogens with one attached hydrogen (secondary N) is 1. The molecule has 4 rings (SSSR count). The van der Waals surface area contributed by atoms with E-state index in [9.17, 15) is 10.1 Å². The van der Waals surface area contributed by atoms with Crippen molar-refractivity contribution < 1.29 is 4.79 Å². The summed E-state index contributed by atoms with van der Waals surface area (Å²) in [5, 5.41) is 22.1. The van der Waals surface area contributed by atoms with Crippen molar-refractivity contribution in [2.75, 3.05) is 11.1 Å². The first-order valence-corrected chi connectivity index (χ1v) is 12.1. The zero-order valence-electron chi connectivity index (χ0n) is 19.4. The molecule has 4 aromatic rings. The molecule has 7 nitrogen and oxygen atoms in total. The van der Waals surface area contributed by atoms with Gasteiger partial charge in [0, 0.05) is 24.3 Å². The summed E-state index contributed by atoms with van der Waals surface area (Å²) in [5.41, 5.74) is 4.41. The number of thioether (sulfide) groups is 1. The fourth-order valence-corrected chi connectivity index (χ4v) is 4.68. The third kappa shape index (κ3) is 4.75. The molecule has 0 unspecified atom stereocenters. The van der Waals surface area contributed by atoms with Crippen molar-refractivity contribution in [3.8, 4) is 17.5 Å². The maximum absolute atomic E-state index is 12.9. The summed E-state index contributed by atoms with van der Waals surface area (Å²) in [6.45, 7) is 7.18. The molecule has 0 atom stereocenters. The molecular weight excluding hydrogens is 444 g/mol. The minimum Gasteiger partial charge on any atom is -0.326 e. The third-order valence-electron chi connectivity index (χ3n) is 5.78. The molecule has 0 saturated heterocycles. The van der Waals surface area contributed by atoms with Crippen molar-refractivity contribution >= 4 is 23.5 Å². The first-order chi connectivity index (χ1) is 16.5. The second kappa shape index (κ2) is 10.4. The first-order valence-electron chi connectivity index (χ1n) is 11.1. The Morgan fingerprint density at radius 2 is 1.71 bits per heavy atom. The van der Waals surface area contributed by atoms with Gasteiger partial charge >= 0.3 is 0 Å². The summed E-state index contributed by atoms with van der Waals surface area (Å²) < 4.78 is 3.99. The van der Waals surface area contributed by atoms with E-state index in [1.54, 1.807) is 0 Å². The van der Waals surface area contributed by atoms with Crippen LogP contribution in [0.15, 0.2) is 65.8 Å². The molecule has 8 heteroatoms. The minimum absolute atomic E-state index is 0.159. The number of aromatic nitrogens is 4. The molecule has 2 heterocycles. The standard InChI is InChI=1S/C26H26N6OS/c1-4-31-24(21-13-9-6-10-14-21)29-30-26(31)34-17-23(33)28-25-22(15-27)18(2)19(3)32(25)16-20-11-7-5-8-12-20/h5-14H,4,16-17H2,1-3H3,(H,28,33). The highest BCUT2D eigenvalue weighted by Gasteiger charge is 2.21. The van der Waals surface area contributed by atoms with Crippen LogP contribution in [-0.4, -0.2) is 31.0 Å². The van der Waals surface area contributed by atoms with Gasteiger partial charge in [-0.15, -0.1) is 10.2 Å². The average molecular weight is 471 g/mol. The summed E-state index contributed by atoms with van der Waals surface area (Å²) in [5.74, 6) is 1.28. The van der Waals surface area contributed by atoms with E-state index in [0.29, 0.717) is 29.6 Å². The quantitative estimate of drug-likeness (QED) is 0.365. The molecule has 172 valence electrons. The molecule has 1 N–H and O–H groups in total. The SMILES string of the molecule is CCn1c(SCC(=O)Nc2c(C#N)c(C)c(C)n2Cc2ccccc2)nnc1-c1ccccc1. The summed E-state index contributed by atoms with van der Waals surface area (Å²) in [7, 11) is 0. The molecule has 0 aliphatic carbocycles. The minimum atomic E-state index is -0.194. The van der Waals surface area contributed by atoms with Crippen LogP contribution in [0.2, 0.25) is 0 Å². The molecule has 0 saturated carbocycles. The van der Waals surface area contributed by atoms with E-state index in [-0.39, 0.29) is 11.7 Å². The molecule has 2 aromatic heterocycles. The molecule has 2 aromatic carbocycles. The Morgan fingerprint density at radius 1 is 1.03 bits per heavy atom. The van der Waals surface area contributed by atoms with Gasteiger partial charge in [-0.3, -0.25) is 4.79 Å². The van der Waals surface area contributed by atoms with Crippen molar-refractivity contribution in [2.45, 2.75) is 39.0 Å². The Hall–Kier alpha value is -3.83. The number of nitrogens with zero attached hydrogens (tertiary/aromatic N) is 5. The second-order valence-electron chi connectivity index (χ2n) is 7.87. The summed E-state index contributed by atoms with van der Waals surface area (Å²) >= 11 is 1.33. The van der Waals surface area contributed by atoms with Crippen LogP contribution in [-0.2, 0) is 17.9 Å². The maximum atomic E-state index is 12.9. The number of nitriles is 1. The topological polar surface area (TPSA) is 88.5 Å². The van der Waals surface area contributed by atoms with Crippen LogP contribution >= 0.6 is 11.8 Å². The van der Waals surface area contributed by atoms with Gasteiger partial charge in [0.15, 0.2) is 11.0 Å². The van der Waals surface area contributed by atoms with E-state index in [4.69, 9.17) is 0 Å². The lowest BCUT2D eigenvalue weighted by atomic mass is 10.2. The van der Waals surface area contributed by atoms with E-state index in [0.717, 1.165) is 28.2 Å². The van der Waals surface area contributed by atoms with Crippen LogP contribution < -0.4 is 5.32 Å². The highest BCUT2D eigenvalue weighted by Crippen LogP contribution is 2.28. The Morgan fingerprint density at radius 3 is 2.35 bits per heavy atom. The maximum Gasteiger partial charge on any atom is 0.235 e. The lowest BCUT2D eigenvalue weighted by Crippen LogP contribution is -2.19. The van der Waals surface area contributed by atoms with Crippen LogP contribution in [0.5, 0.6) is 0 Å². The average Bonchev–Trinajstić information content (AvgIpc) is 3.38. The molecule has 0 aliphatic rings. The Bertz CT molecular complexity index is 1340. The van der Waals surface area contributed by atoms with E-state index >= 15 is 0 Å². The van der Waals surface area contributed by atoms with Gasteiger partial charge in [-0.1, -0.05) is 72.4 Å². The van der Waals surface area contributed by atoms with Gasteiger partial charge in [0.2, 0.25) is 5.91 Å². The largest absolute Gasteiger partial charge is 0.326 e. The van der Waals surface area contributed by atoms with Crippen molar-refractivity contribution in [1.82, 2.24) is 19.3 Å². The normalized spacial score (nSPS) is 10.8. The number of anilines is 1. The van der Waals surface area contributed by atoms with Crippen LogP contribution in [0.25, 0.3) is 11.4 Å². The van der Waals surface area contributed by atoms with E-state index in [1.807, 2.05) is 90.6 Å². The monoisotopic (exact) mass is 470 g/mol. The molecule has 0 bridgehead atoms. The summed E-state index contributed by atoms with van der Waals surface area (Å²) in [6.07, 6.45) is 0. The molecule has 1 amide bonds. The Kier molecular flexibility index (Phi) is 7.14. The zero-order chi connectivity index (χ0) is 24.1. The Balaban J connectivity index is 1.52. The number of hydrogen-bond donors (Lipinski definition) is 1. The van der Waals surface area contributed by atoms with Gasteiger partial charge < -0.3 is 14.5 Å². The van der Waals surface area contributed by atoms with E-state index in [2.05, 4.69) is 21.6 Å². The number of carbonyl (C=O) groups is 1. The number of carbonyl (C=O) groups excluding carboxylic acids is 1. The van der Waals surface area contributed by atoms with E-state index < -0.39 is 0 Å². The molecule has 0 aliphatic heterocycles. The summed E-state index contributed by atoms with van der Waals surface area (Å²) in [4.78, 5) is 12.9. The highest BCUT2D eigenvalue weighted by molar-refractivity contribution is 7.99. The third-order valence-corrected chi connectivity index (χ3v) is 6.75. The van der Waals surface area contributed by atoms with Gasteiger partial charge in [0.05, 0.1) is 11.3 Å². The number of amides is 1. The van der Waals surface area contributed by atoms with Gasteiger partial charge in [-0.2, -0.15) is 5.26 Å². The van der Waals surface area contributed by atoms with Crippen LogP contribution in [0.4, 0.5) is 5.82 Å². The van der Waals surface area contributed by atoms with Gasteiger partial charge in [-0.25, -0.2) is 0 Å². The van der Waals surface area contributed by atoms with Crippen LogP contribution in [0, 0.1) is 25.2 Å². The summed E-state index contributed by atoms with van der Waals surface area (Å²) in [6, 6.07) is 22.1. The molecule has 34 heavy (non-hydrogen) atoms. The van der Waals surface area contributed by atoms with Crippen LogP contribution in [0.3, 0.4) is 0 Å². The van der Waals surface area contributed by atoms with Gasteiger partial charge in [0.25, 0.3) is 0 Å². The highest BCUT2D eigenvalue weighted by atomic mass is 32.2. The number of rotatable bonds is 8. The second-order valence-corrected chi connectivity index (χ2v) is 8.81. The lowest BCUT2D eigenvalue weighted by molar-refractivity contribution is -0.113. The number of hydrogen-bond acceptors (Lipinski definition) is 5. The van der Waals surface area contributed by atoms with Crippen molar-refractivity contribution in [3.05, 3.63) is 83.0 Å². The van der Waals surface area contributed by atoms with E-state index in [1.165, 1.54) is 11.8 Å². The fraction of sp³-hybridized carbons (Fsp3) is 0.231. The predicted octanol–water partition coefficient (Wildman–Crippen LogP) is 5.03. The zero-order valence-corrected chi connectivity index (χ0v) is 20.3. The van der Waals surface area contributed by atoms with Crippen molar-refractivity contribution in [2.24, 2.45) is 0 Å². The molecular formula is C26H26N6OS. The number of benzene rings is 2. The van der Waals surface area contributed by atoms with Crippen LogP contribution in [0.1, 0.15) is 29.3 Å². The molecule has 0 radical (unpaired) electrons. The van der Waals surface area contributed by atoms with Crippen molar-refractivity contribution in [1.29, 1.82) is 5.26 Å². The molecule has 0 spiro atoms. The van der Waals surface area contributed by atoms with Crippen molar-refractivity contribution in [3.63, 3.8) is 0 Å². The Labute approximate surface area is 203 Å². The predicted molar refractivity (Wildman–Crippen MR) is 135 cm³/mol. The smallest absolute Gasteiger partial charge is 0.235 e. The molecule has 0 fully saturated rings. The van der Waals surface area contributed by atoms with Gasteiger partial charge in [-0.05, 0) is 31.9 Å². The first kappa shape index (κ1) is 23.3. The van der Waals surface area contributed by atoms with Gasteiger partial charge in [0.1, 0.15) is 11.9 Å². The fourth-order valence-electron chi connectivity index (χ4n) is 3.87.